The molecule has 3 N–H and O–H groups in total. The lowest BCUT2D eigenvalue weighted by Crippen LogP contribution is -2.34. The van der Waals surface area contributed by atoms with E-state index in [1.165, 1.54) is 6.07 Å². The molecule has 2 aromatic rings. The number of hydrogen-bond acceptors (Lipinski definition) is 6. The van der Waals surface area contributed by atoms with Crippen LogP contribution >= 0.6 is 11.6 Å². The van der Waals surface area contributed by atoms with Gasteiger partial charge < -0.3 is 25.3 Å². The van der Waals surface area contributed by atoms with E-state index in [0.29, 0.717) is 27.6 Å². The van der Waals surface area contributed by atoms with E-state index < -0.39 is 30.4 Å². The number of rotatable bonds is 7. The number of carbonyl (C=O) groups is 3. The fourth-order valence-electron chi connectivity index (χ4n) is 2.64. The monoisotopic (exact) mass is 404 g/mol. The average Bonchev–Trinajstić information content (AvgIpc) is 3.13. The summed E-state index contributed by atoms with van der Waals surface area (Å²) in [5.74, 6) is -0.0390. The third kappa shape index (κ3) is 4.92. The van der Waals surface area contributed by atoms with Crippen molar-refractivity contribution in [3.63, 3.8) is 0 Å². The predicted octanol–water partition coefficient (Wildman–Crippen LogP) is 2.59. The molecule has 3 rings (SSSR count). The molecule has 8 nitrogen and oxygen atoms in total. The number of esters is 1. The second-order valence-electron chi connectivity index (χ2n) is 5.97. The number of amides is 2. The Morgan fingerprint density at radius 1 is 1.11 bits per heavy atom. The van der Waals surface area contributed by atoms with Crippen LogP contribution < -0.4 is 20.5 Å². The van der Waals surface area contributed by atoms with Crippen LogP contribution in [0, 0.1) is 0 Å². The number of ketones is 1. The van der Waals surface area contributed by atoms with Gasteiger partial charge in [0.25, 0.3) is 0 Å². The van der Waals surface area contributed by atoms with E-state index in [-0.39, 0.29) is 13.2 Å². The Labute approximate surface area is 165 Å². The summed E-state index contributed by atoms with van der Waals surface area (Å²) in [5, 5.41) is 2.99. The van der Waals surface area contributed by atoms with E-state index in [4.69, 9.17) is 31.5 Å². The number of primary amides is 1. The summed E-state index contributed by atoms with van der Waals surface area (Å²) < 4.78 is 15.5. The van der Waals surface area contributed by atoms with Crippen molar-refractivity contribution in [2.24, 2.45) is 5.73 Å². The number of nitrogens with one attached hydrogen (secondary N) is 1. The minimum Gasteiger partial charge on any atom is -0.457 e. The standard InChI is InChI=1S/C19H17ClN2O6/c20-13-4-1-11(2-5-13)14(22-19(21)25)8-18(24)26-9-15(23)12-3-6-16-17(7-12)28-10-27-16/h1-7,14H,8-10H2,(H3,21,22,25)/t14-/m1/s1. The number of benzene rings is 2. The van der Waals surface area contributed by atoms with Crippen LogP contribution in [0.2, 0.25) is 5.02 Å². The Morgan fingerprint density at radius 2 is 1.82 bits per heavy atom. The maximum Gasteiger partial charge on any atom is 0.312 e. The largest absolute Gasteiger partial charge is 0.457 e. The van der Waals surface area contributed by atoms with E-state index in [9.17, 15) is 14.4 Å². The first-order valence-electron chi connectivity index (χ1n) is 8.32. The van der Waals surface area contributed by atoms with Gasteiger partial charge in [-0.05, 0) is 35.9 Å². The summed E-state index contributed by atoms with van der Waals surface area (Å²) in [6.07, 6.45) is -0.195. The molecule has 0 fully saturated rings. The highest BCUT2D eigenvalue weighted by Crippen LogP contribution is 2.32. The van der Waals surface area contributed by atoms with Crippen molar-refractivity contribution in [3.8, 4) is 11.5 Å². The molecule has 0 unspecified atom stereocenters. The maximum absolute atomic E-state index is 12.2. The second-order valence-corrected chi connectivity index (χ2v) is 6.41. The lowest BCUT2D eigenvalue weighted by atomic mass is 10.0. The van der Waals surface area contributed by atoms with Crippen LogP contribution in [0.25, 0.3) is 0 Å². The quantitative estimate of drug-likeness (QED) is 0.541. The number of halogens is 1. The fourth-order valence-corrected chi connectivity index (χ4v) is 2.77. The summed E-state index contributed by atoms with van der Waals surface area (Å²) in [6, 6.07) is 9.79. The second kappa shape index (κ2) is 8.62. The van der Waals surface area contributed by atoms with Crippen molar-refractivity contribution >= 4 is 29.4 Å². The smallest absolute Gasteiger partial charge is 0.312 e. The van der Waals surface area contributed by atoms with Crippen LogP contribution in [0.5, 0.6) is 11.5 Å². The highest BCUT2D eigenvalue weighted by molar-refractivity contribution is 6.30. The van der Waals surface area contributed by atoms with Crippen LogP contribution in [0.4, 0.5) is 4.79 Å². The molecule has 0 saturated carbocycles. The lowest BCUT2D eigenvalue weighted by molar-refractivity contribution is -0.143. The third-order valence-corrected chi connectivity index (χ3v) is 4.27. The number of Topliss-reactive ketones (excluding diaryl/α,β-unsaturated/α-hetero) is 1. The van der Waals surface area contributed by atoms with Gasteiger partial charge in [-0.2, -0.15) is 0 Å². The number of urea groups is 1. The van der Waals surface area contributed by atoms with Gasteiger partial charge in [-0.1, -0.05) is 23.7 Å². The number of ether oxygens (including phenoxy) is 3. The molecule has 0 aromatic heterocycles. The number of hydrogen-bond donors (Lipinski definition) is 2. The fraction of sp³-hybridized carbons (Fsp3) is 0.211. The first kappa shape index (κ1) is 19.5. The summed E-state index contributed by atoms with van der Waals surface area (Å²) in [6.45, 7) is -0.344. The minimum atomic E-state index is -0.788. The molecule has 1 aliphatic heterocycles. The highest BCUT2D eigenvalue weighted by atomic mass is 35.5. The minimum absolute atomic E-state index is 0.0981. The van der Waals surface area contributed by atoms with Gasteiger partial charge in [0, 0.05) is 10.6 Å². The number of fused-ring (bicyclic) bond motifs is 1. The van der Waals surface area contributed by atoms with Crippen molar-refractivity contribution in [3.05, 3.63) is 58.6 Å². The van der Waals surface area contributed by atoms with Gasteiger partial charge in [-0.15, -0.1) is 0 Å². The molecule has 0 aliphatic carbocycles. The first-order chi connectivity index (χ1) is 13.4. The molecular weight excluding hydrogens is 388 g/mol. The Kier molecular flexibility index (Phi) is 6.00. The molecule has 1 atom stereocenters. The Bertz CT molecular complexity index is 900. The van der Waals surface area contributed by atoms with Gasteiger partial charge >= 0.3 is 12.0 Å². The lowest BCUT2D eigenvalue weighted by Gasteiger charge is -2.17. The van der Waals surface area contributed by atoms with Gasteiger partial charge in [-0.3, -0.25) is 9.59 Å². The molecule has 0 spiro atoms. The molecule has 1 aliphatic rings. The van der Waals surface area contributed by atoms with Crippen molar-refractivity contribution < 1.29 is 28.6 Å². The van der Waals surface area contributed by atoms with Crippen molar-refractivity contribution in [2.45, 2.75) is 12.5 Å². The van der Waals surface area contributed by atoms with Gasteiger partial charge in [0.15, 0.2) is 23.9 Å². The zero-order chi connectivity index (χ0) is 20.1. The topological polar surface area (TPSA) is 117 Å². The van der Waals surface area contributed by atoms with Gasteiger partial charge in [-0.25, -0.2) is 4.79 Å². The first-order valence-corrected chi connectivity index (χ1v) is 8.70. The third-order valence-electron chi connectivity index (χ3n) is 4.02. The highest BCUT2D eigenvalue weighted by Gasteiger charge is 2.21. The van der Waals surface area contributed by atoms with Crippen LogP contribution in [-0.2, 0) is 9.53 Å². The zero-order valence-corrected chi connectivity index (χ0v) is 15.4. The van der Waals surface area contributed by atoms with Gasteiger partial charge in [0.2, 0.25) is 6.79 Å². The molecule has 2 aromatic carbocycles. The molecule has 146 valence electrons. The molecule has 0 saturated heterocycles. The summed E-state index contributed by atoms with van der Waals surface area (Å²) in [4.78, 5) is 35.6. The van der Waals surface area contributed by atoms with Crippen molar-refractivity contribution in [1.82, 2.24) is 5.32 Å². The summed E-state index contributed by atoms with van der Waals surface area (Å²) in [5.41, 5.74) is 6.14. The van der Waals surface area contributed by atoms with E-state index in [0.717, 1.165) is 0 Å². The Morgan fingerprint density at radius 3 is 2.54 bits per heavy atom. The van der Waals surface area contributed by atoms with Crippen LogP contribution in [0.15, 0.2) is 42.5 Å². The van der Waals surface area contributed by atoms with Crippen molar-refractivity contribution in [1.29, 1.82) is 0 Å². The normalized spacial score (nSPS) is 12.9. The predicted molar refractivity (Wildman–Crippen MR) is 99.4 cm³/mol. The molecule has 0 bridgehead atoms. The van der Waals surface area contributed by atoms with E-state index >= 15 is 0 Å². The molecule has 1 heterocycles. The average molecular weight is 405 g/mol. The summed E-state index contributed by atoms with van der Waals surface area (Å²) in [7, 11) is 0. The molecule has 2 amide bonds. The zero-order valence-electron chi connectivity index (χ0n) is 14.6. The van der Waals surface area contributed by atoms with E-state index in [1.807, 2.05) is 0 Å². The SMILES string of the molecule is NC(=O)N[C@H](CC(=O)OCC(=O)c1ccc2c(c1)OCO2)c1ccc(Cl)cc1. The van der Waals surface area contributed by atoms with Crippen LogP contribution in [-0.4, -0.2) is 31.2 Å². The van der Waals surface area contributed by atoms with Gasteiger partial charge in [0.05, 0.1) is 12.5 Å². The van der Waals surface area contributed by atoms with Crippen LogP contribution in [0.3, 0.4) is 0 Å². The van der Waals surface area contributed by atoms with Gasteiger partial charge in [0.1, 0.15) is 0 Å². The molecular formula is C19H17ClN2O6. The van der Waals surface area contributed by atoms with E-state index in [2.05, 4.69) is 5.32 Å². The molecule has 28 heavy (non-hydrogen) atoms. The Hall–Kier alpha value is -3.26. The van der Waals surface area contributed by atoms with E-state index in [1.54, 1.807) is 36.4 Å². The Balaban J connectivity index is 1.58. The number of nitrogens with two attached hydrogens (primary N) is 1. The molecule has 9 heteroatoms. The maximum atomic E-state index is 12.2. The summed E-state index contributed by atoms with van der Waals surface area (Å²) >= 11 is 5.85. The number of carbonyl (C=O) groups excluding carboxylic acids is 3. The van der Waals surface area contributed by atoms with Crippen LogP contribution in [0.1, 0.15) is 28.4 Å². The molecule has 0 radical (unpaired) electrons. The van der Waals surface area contributed by atoms with Crippen molar-refractivity contribution in [2.75, 3.05) is 13.4 Å².